The first-order valence-electron chi connectivity index (χ1n) is 7.80. The van der Waals surface area contributed by atoms with Gasteiger partial charge in [-0.2, -0.15) is 0 Å². The van der Waals surface area contributed by atoms with E-state index in [1.807, 2.05) is 13.8 Å². The van der Waals surface area contributed by atoms with Crippen molar-refractivity contribution in [2.75, 3.05) is 13.1 Å². The highest BCUT2D eigenvalue weighted by molar-refractivity contribution is 5.86. The summed E-state index contributed by atoms with van der Waals surface area (Å²) in [6.07, 6.45) is 1.73. The Labute approximate surface area is 143 Å². The number of nitrogens with zero attached hydrogens (tertiary/aromatic N) is 1. The minimum Gasteiger partial charge on any atom is -0.480 e. The minimum atomic E-state index is -1.05. The highest BCUT2D eigenvalue weighted by Gasteiger charge is 2.30. The maximum Gasteiger partial charge on any atom is 0.325 e. The van der Waals surface area contributed by atoms with E-state index in [-0.39, 0.29) is 30.1 Å². The zero-order chi connectivity index (χ0) is 16.9. The van der Waals surface area contributed by atoms with E-state index in [9.17, 15) is 14.4 Å². The number of rotatable bonds is 6. The van der Waals surface area contributed by atoms with E-state index in [1.54, 1.807) is 4.90 Å². The zero-order valence-electron chi connectivity index (χ0n) is 13.9. The largest absolute Gasteiger partial charge is 0.480 e. The van der Waals surface area contributed by atoms with E-state index < -0.39 is 18.1 Å². The molecule has 7 nitrogen and oxygen atoms in total. The van der Waals surface area contributed by atoms with Crippen molar-refractivity contribution in [3.63, 3.8) is 0 Å². The van der Waals surface area contributed by atoms with Gasteiger partial charge in [-0.1, -0.05) is 13.8 Å². The molecule has 2 unspecified atom stereocenters. The van der Waals surface area contributed by atoms with Gasteiger partial charge in [-0.3, -0.25) is 14.4 Å². The predicted molar refractivity (Wildman–Crippen MR) is 89.2 cm³/mol. The molecular formula is C15H28ClN3O4. The average molecular weight is 350 g/mol. The third-order valence-electron chi connectivity index (χ3n) is 3.95. The van der Waals surface area contributed by atoms with Crippen molar-refractivity contribution < 1.29 is 19.5 Å². The lowest BCUT2D eigenvalue weighted by Gasteiger charge is -2.33. The second kappa shape index (κ2) is 9.72. The number of carbonyl (C=O) groups excluding carboxylic acids is 2. The molecule has 1 saturated heterocycles. The summed E-state index contributed by atoms with van der Waals surface area (Å²) in [6.45, 7) is 6.46. The Morgan fingerprint density at radius 3 is 2.17 bits per heavy atom. The Morgan fingerprint density at radius 1 is 1.22 bits per heavy atom. The summed E-state index contributed by atoms with van der Waals surface area (Å²) in [5.74, 6) is -1.26. The zero-order valence-corrected chi connectivity index (χ0v) is 14.8. The molecule has 2 atom stereocenters. The number of nitrogens with one attached hydrogen (secondary N) is 1. The van der Waals surface area contributed by atoms with Gasteiger partial charge < -0.3 is 21.1 Å². The van der Waals surface area contributed by atoms with Gasteiger partial charge in [-0.15, -0.1) is 12.4 Å². The van der Waals surface area contributed by atoms with Crippen molar-refractivity contribution in [2.45, 2.75) is 52.1 Å². The number of halogens is 1. The molecule has 1 aliphatic rings. The van der Waals surface area contributed by atoms with Crippen LogP contribution in [-0.2, 0) is 14.4 Å². The average Bonchev–Trinajstić information content (AvgIpc) is 2.45. The molecule has 0 aromatic rings. The second-order valence-electron chi connectivity index (χ2n) is 6.40. The number of nitrogens with two attached hydrogens (primary N) is 1. The second-order valence-corrected chi connectivity index (χ2v) is 6.40. The van der Waals surface area contributed by atoms with Gasteiger partial charge in [-0.25, -0.2) is 0 Å². The third kappa shape index (κ3) is 6.74. The van der Waals surface area contributed by atoms with Crippen LogP contribution in [0.2, 0.25) is 0 Å². The number of piperidine rings is 1. The molecule has 0 saturated carbocycles. The Hall–Kier alpha value is -1.34. The monoisotopic (exact) mass is 349 g/mol. The SMILES string of the molecule is CC(C)CC(N)C(=O)N1CCC(C(=O)NC(C)C(=O)O)CC1.Cl. The van der Waals surface area contributed by atoms with Crippen LogP contribution in [0.25, 0.3) is 0 Å². The summed E-state index contributed by atoms with van der Waals surface area (Å²) in [5, 5.41) is 11.3. The maximum atomic E-state index is 12.2. The molecule has 1 fully saturated rings. The Morgan fingerprint density at radius 2 is 1.74 bits per heavy atom. The molecule has 0 radical (unpaired) electrons. The van der Waals surface area contributed by atoms with Crippen LogP contribution in [0, 0.1) is 11.8 Å². The fourth-order valence-electron chi connectivity index (χ4n) is 2.60. The van der Waals surface area contributed by atoms with Crippen LogP contribution in [0.5, 0.6) is 0 Å². The molecule has 0 aliphatic carbocycles. The van der Waals surface area contributed by atoms with Crippen molar-refractivity contribution in [3.8, 4) is 0 Å². The molecule has 1 heterocycles. The first-order chi connectivity index (χ1) is 10.2. The number of carboxylic acids is 1. The molecule has 0 aromatic carbocycles. The lowest BCUT2D eigenvalue weighted by atomic mass is 9.94. The molecule has 8 heteroatoms. The molecule has 0 spiro atoms. The Bertz CT molecular complexity index is 423. The molecule has 1 aliphatic heterocycles. The number of hydrogen-bond acceptors (Lipinski definition) is 4. The van der Waals surface area contributed by atoms with Crippen LogP contribution in [0.1, 0.15) is 40.0 Å². The Kier molecular flexibility index (Phi) is 9.16. The van der Waals surface area contributed by atoms with Crippen molar-refractivity contribution >= 4 is 30.2 Å². The van der Waals surface area contributed by atoms with Gasteiger partial charge in [-0.05, 0) is 32.1 Å². The number of hydrogen-bond donors (Lipinski definition) is 3. The van der Waals surface area contributed by atoms with Gasteiger partial charge in [0.05, 0.1) is 6.04 Å². The van der Waals surface area contributed by atoms with Crippen LogP contribution in [0.15, 0.2) is 0 Å². The van der Waals surface area contributed by atoms with Crippen molar-refractivity contribution in [1.29, 1.82) is 0 Å². The minimum absolute atomic E-state index is 0. The summed E-state index contributed by atoms with van der Waals surface area (Å²) in [4.78, 5) is 36.6. The standard InChI is InChI=1S/C15H27N3O4.ClH/c1-9(2)8-12(16)14(20)18-6-4-11(5-7-18)13(19)17-10(3)15(21)22;/h9-12H,4-8,16H2,1-3H3,(H,17,19)(H,21,22);1H. The van der Waals surface area contributed by atoms with E-state index in [1.165, 1.54) is 6.92 Å². The number of carboxylic acid groups (broad SMARTS) is 1. The smallest absolute Gasteiger partial charge is 0.325 e. The number of amides is 2. The summed E-state index contributed by atoms with van der Waals surface area (Å²) < 4.78 is 0. The highest BCUT2D eigenvalue weighted by atomic mass is 35.5. The van der Waals surface area contributed by atoms with E-state index >= 15 is 0 Å². The van der Waals surface area contributed by atoms with E-state index in [2.05, 4.69) is 5.32 Å². The summed E-state index contributed by atoms with van der Waals surface area (Å²) in [7, 11) is 0. The molecule has 2 amide bonds. The summed E-state index contributed by atoms with van der Waals surface area (Å²) in [6, 6.07) is -1.39. The van der Waals surface area contributed by atoms with Crippen LogP contribution >= 0.6 is 12.4 Å². The van der Waals surface area contributed by atoms with Gasteiger partial charge >= 0.3 is 5.97 Å². The normalized spacial score (nSPS) is 18.0. The maximum absolute atomic E-state index is 12.2. The van der Waals surface area contributed by atoms with Gasteiger partial charge in [0.15, 0.2) is 0 Å². The topological polar surface area (TPSA) is 113 Å². The quantitative estimate of drug-likeness (QED) is 0.650. The fourth-order valence-corrected chi connectivity index (χ4v) is 2.60. The van der Waals surface area contributed by atoms with Crippen molar-refractivity contribution in [3.05, 3.63) is 0 Å². The van der Waals surface area contributed by atoms with Crippen LogP contribution in [0.4, 0.5) is 0 Å². The van der Waals surface area contributed by atoms with Gasteiger partial charge in [0.2, 0.25) is 11.8 Å². The summed E-state index contributed by atoms with van der Waals surface area (Å²) in [5.41, 5.74) is 5.91. The van der Waals surface area contributed by atoms with Gasteiger partial charge in [0, 0.05) is 19.0 Å². The van der Waals surface area contributed by atoms with Crippen LogP contribution < -0.4 is 11.1 Å². The van der Waals surface area contributed by atoms with Crippen LogP contribution in [-0.4, -0.2) is 53.0 Å². The number of carbonyl (C=O) groups is 3. The van der Waals surface area contributed by atoms with E-state index in [0.29, 0.717) is 38.3 Å². The predicted octanol–water partition coefficient (Wildman–Crippen LogP) is 0.610. The first-order valence-corrected chi connectivity index (χ1v) is 7.80. The third-order valence-corrected chi connectivity index (χ3v) is 3.95. The fraction of sp³-hybridized carbons (Fsp3) is 0.800. The number of aliphatic carboxylic acids is 1. The summed E-state index contributed by atoms with van der Waals surface area (Å²) >= 11 is 0. The first kappa shape index (κ1) is 21.7. The van der Waals surface area contributed by atoms with Crippen molar-refractivity contribution in [2.24, 2.45) is 17.6 Å². The van der Waals surface area contributed by atoms with E-state index in [0.717, 1.165) is 0 Å². The molecular weight excluding hydrogens is 322 g/mol. The Balaban J connectivity index is 0.00000484. The molecule has 0 aromatic heterocycles. The molecule has 134 valence electrons. The molecule has 0 bridgehead atoms. The van der Waals surface area contributed by atoms with Crippen molar-refractivity contribution in [1.82, 2.24) is 10.2 Å². The van der Waals surface area contributed by atoms with Gasteiger partial charge in [0.25, 0.3) is 0 Å². The lowest BCUT2D eigenvalue weighted by Crippen LogP contribution is -2.50. The molecule has 23 heavy (non-hydrogen) atoms. The number of likely N-dealkylation sites (tertiary alicyclic amines) is 1. The van der Waals surface area contributed by atoms with Crippen LogP contribution in [0.3, 0.4) is 0 Å². The molecule has 1 rings (SSSR count). The van der Waals surface area contributed by atoms with E-state index in [4.69, 9.17) is 10.8 Å². The molecule has 4 N–H and O–H groups in total. The highest BCUT2D eigenvalue weighted by Crippen LogP contribution is 2.19. The van der Waals surface area contributed by atoms with Gasteiger partial charge in [0.1, 0.15) is 6.04 Å². The lowest BCUT2D eigenvalue weighted by molar-refractivity contribution is -0.142.